The van der Waals surface area contributed by atoms with E-state index in [1.165, 1.54) is 27.6 Å². The average Bonchev–Trinajstić information content (AvgIpc) is 3.45. The van der Waals surface area contributed by atoms with Gasteiger partial charge in [0.1, 0.15) is 0 Å². The van der Waals surface area contributed by atoms with Crippen LogP contribution in [0.4, 0.5) is 5.13 Å². The lowest BCUT2D eigenvalue weighted by Crippen LogP contribution is -2.35. The van der Waals surface area contributed by atoms with Crippen LogP contribution in [0.1, 0.15) is 31.5 Å². The minimum absolute atomic E-state index is 0.0411. The Morgan fingerprint density at radius 3 is 2.53 bits per heavy atom. The molecule has 0 aliphatic carbocycles. The van der Waals surface area contributed by atoms with Crippen molar-refractivity contribution < 1.29 is 14.7 Å². The third kappa shape index (κ3) is 3.85. The normalized spacial score (nSPS) is 16.4. The van der Waals surface area contributed by atoms with Crippen LogP contribution in [0, 0.1) is 20.8 Å². The van der Waals surface area contributed by atoms with E-state index in [2.05, 4.69) is 9.97 Å². The predicted molar refractivity (Wildman–Crippen MR) is 137 cm³/mol. The van der Waals surface area contributed by atoms with Crippen molar-refractivity contribution in [3.05, 3.63) is 92.6 Å². The molecule has 0 saturated heterocycles. The number of nitrogens with zero attached hydrogens (tertiary/aromatic N) is 3. The summed E-state index contributed by atoms with van der Waals surface area (Å²) in [5, 5.41) is 12.1. The van der Waals surface area contributed by atoms with E-state index >= 15 is 0 Å². The SMILES string of the molecule is Cc1ccc2nc(N3C(=O)C(O)=C(C(=O)c4sc(C)nc4C)C3/C=C/c3ccccc3)sc2c1. The number of aliphatic hydroxyl groups is 1. The van der Waals surface area contributed by atoms with Crippen molar-refractivity contribution in [2.45, 2.75) is 26.8 Å². The van der Waals surface area contributed by atoms with E-state index in [4.69, 9.17) is 0 Å². The number of Topliss-reactive ketones (excluding diaryl/α,β-unsaturated/α-hetero) is 1. The Morgan fingerprint density at radius 1 is 1.06 bits per heavy atom. The molecule has 2 aromatic heterocycles. The Hall–Kier alpha value is -3.62. The van der Waals surface area contributed by atoms with Crippen LogP contribution >= 0.6 is 22.7 Å². The van der Waals surface area contributed by atoms with Crippen LogP contribution in [-0.4, -0.2) is 32.8 Å². The van der Waals surface area contributed by atoms with Gasteiger partial charge in [-0.1, -0.05) is 59.9 Å². The van der Waals surface area contributed by atoms with E-state index in [9.17, 15) is 14.7 Å². The van der Waals surface area contributed by atoms with E-state index in [1.54, 1.807) is 13.0 Å². The molecule has 0 spiro atoms. The zero-order chi connectivity index (χ0) is 24.0. The zero-order valence-corrected chi connectivity index (χ0v) is 20.4. The van der Waals surface area contributed by atoms with Crippen molar-refractivity contribution in [2.75, 3.05) is 4.90 Å². The summed E-state index contributed by atoms with van der Waals surface area (Å²) in [5.41, 5.74) is 3.39. The summed E-state index contributed by atoms with van der Waals surface area (Å²) in [4.78, 5) is 37.7. The molecule has 1 aliphatic rings. The summed E-state index contributed by atoms with van der Waals surface area (Å²) in [6.45, 7) is 5.58. The Balaban J connectivity index is 1.63. The highest BCUT2D eigenvalue weighted by Crippen LogP contribution is 2.38. The zero-order valence-electron chi connectivity index (χ0n) is 18.8. The molecule has 2 aromatic carbocycles. The lowest BCUT2D eigenvalue weighted by molar-refractivity contribution is -0.116. The van der Waals surface area contributed by atoms with Crippen LogP contribution in [0.5, 0.6) is 0 Å². The van der Waals surface area contributed by atoms with Gasteiger partial charge in [-0.2, -0.15) is 0 Å². The number of carbonyl (C=O) groups is 2. The fourth-order valence-corrected chi connectivity index (χ4v) is 5.98. The fourth-order valence-electron chi connectivity index (χ4n) is 4.01. The number of ketones is 1. The highest BCUT2D eigenvalue weighted by molar-refractivity contribution is 7.22. The molecule has 1 N–H and O–H groups in total. The first-order valence-corrected chi connectivity index (χ1v) is 12.3. The molecule has 8 heteroatoms. The van der Waals surface area contributed by atoms with Crippen LogP contribution in [0.2, 0.25) is 0 Å². The van der Waals surface area contributed by atoms with E-state index in [-0.39, 0.29) is 5.57 Å². The number of amides is 1. The molecule has 0 fully saturated rings. The first-order valence-electron chi connectivity index (χ1n) is 10.7. The number of aromatic nitrogens is 2. The lowest BCUT2D eigenvalue weighted by atomic mass is 10.0. The van der Waals surface area contributed by atoms with Crippen LogP contribution in [0.15, 0.2) is 65.9 Å². The Morgan fingerprint density at radius 2 is 1.82 bits per heavy atom. The van der Waals surface area contributed by atoms with Crippen LogP contribution < -0.4 is 4.90 Å². The number of hydrogen-bond acceptors (Lipinski definition) is 7. The van der Waals surface area contributed by atoms with E-state index in [0.717, 1.165) is 26.4 Å². The summed E-state index contributed by atoms with van der Waals surface area (Å²) in [5.74, 6) is -1.58. The molecule has 1 unspecified atom stereocenters. The molecule has 170 valence electrons. The molecule has 1 amide bonds. The predicted octanol–water partition coefficient (Wildman–Crippen LogP) is 5.80. The van der Waals surface area contributed by atoms with Gasteiger partial charge in [0, 0.05) is 0 Å². The van der Waals surface area contributed by atoms with Gasteiger partial charge in [0.25, 0.3) is 5.91 Å². The molecule has 5 rings (SSSR count). The minimum Gasteiger partial charge on any atom is -0.503 e. The van der Waals surface area contributed by atoms with Crippen LogP contribution in [0.3, 0.4) is 0 Å². The number of aryl methyl sites for hydroxylation is 3. The lowest BCUT2D eigenvalue weighted by Gasteiger charge is -2.21. The van der Waals surface area contributed by atoms with Gasteiger partial charge >= 0.3 is 0 Å². The van der Waals surface area contributed by atoms with Gasteiger partial charge in [-0.15, -0.1) is 11.3 Å². The Bertz CT molecular complexity index is 1500. The van der Waals surface area contributed by atoms with Gasteiger partial charge in [0.2, 0.25) is 5.78 Å². The monoisotopic (exact) mass is 487 g/mol. The maximum atomic E-state index is 13.6. The summed E-state index contributed by atoms with van der Waals surface area (Å²) < 4.78 is 0.932. The Labute approximate surface area is 204 Å². The largest absolute Gasteiger partial charge is 0.503 e. The first-order chi connectivity index (χ1) is 16.3. The van der Waals surface area contributed by atoms with Crippen molar-refractivity contribution in [2.24, 2.45) is 0 Å². The number of carbonyl (C=O) groups excluding carboxylic acids is 2. The van der Waals surface area contributed by atoms with Crippen molar-refractivity contribution in [1.82, 2.24) is 9.97 Å². The molecular formula is C26H21N3O3S2. The number of benzene rings is 2. The van der Waals surface area contributed by atoms with Gasteiger partial charge in [-0.3, -0.25) is 14.5 Å². The molecule has 0 bridgehead atoms. The minimum atomic E-state index is -0.802. The van der Waals surface area contributed by atoms with Gasteiger partial charge in [-0.05, 0) is 44.0 Å². The molecule has 0 radical (unpaired) electrons. The highest BCUT2D eigenvalue weighted by Gasteiger charge is 2.44. The van der Waals surface area contributed by atoms with E-state index < -0.39 is 23.5 Å². The molecule has 1 atom stereocenters. The van der Waals surface area contributed by atoms with Crippen LogP contribution in [0.25, 0.3) is 16.3 Å². The second-order valence-electron chi connectivity index (χ2n) is 8.10. The van der Waals surface area contributed by atoms with Crippen molar-refractivity contribution in [1.29, 1.82) is 0 Å². The van der Waals surface area contributed by atoms with Crippen molar-refractivity contribution in [3.8, 4) is 0 Å². The van der Waals surface area contributed by atoms with Gasteiger partial charge < -0.3 is 5.11 Å². The number of fused-ring (bicyclic) bond motifs is 1. The fraction of sp³-hybridized carbons (Fsp3) is 0.154. The molecule has 1 aliphatic heterocycles. The maximum Gasteiger partial charge on any atom is 0.296 e. The number of thiazole rings is 2. The number of anilines is 1. The molecular weight excluding hydrogens is 466 g/mol. The summed E-state index contributed by atoms with van der Waals surface area (Å²) in [6, 6.07) is 14.7. The number of hydrogen-bond donors (Lipinski definition) is 1. The first kappa shape index (κ1) is 22.2. The molecule has 3 heterocycles. The average molecular weight is 488 g/mol. The summed E-state index contributed by atoms with van der Waals surface area (Å²) >= 11 is 2.62. The van der Waals surface area contributed by atoms with E-state index in [0.29, 0.717) is 15.7 Å². The van der Waals surface area contributed by atoms with E-state index in [1.807, 2.05) is 68.5 Å². The highest BCUT2D eigenvalue weighted by atomic mass is 32.1. The maximum absolute atomic E-state index is 13.6. The third-order valence-corrected chi connectivity index (χ3v) is 7.70. The van der Waals surface area contributed by atoms with Crippen molar-refractivity contribution in [3.63, 3.8) is 0 Å². The molecule has 6 nitrogen and oxygen atoms in total. The standard InChI is InChI=1S/C26H21N3O3S2/c1-14-9-11-18-20(13-14)34-26(28-18)29-19(12-10-17-7-5-4-6-8-17)21(23(31)25(29)32)22(30)24-15(2)27-16(3)33-24/h4-13,19,31H,1-3H3/b12-10+. The van der Waals surface area contributed by atoms with Gasteiger partial charge in [0.05, 0.1) is 37.4 Å². The Kier molecular flexibility index (Phi) is 5.63. The summed E-state index contributed by atoms with van der Waals surface area (Å²) in [7, 11) is 0. The quantitative estimate of drug-likeness (QED) is 0.360. The smallest absolute Gasteiger partial charge is 0.296 e. The third-order valence-electron chi connectivity index (χ3n) is 5.61. The number of rotatable bonds is 5. The number of aliphatic hydroxyl groups excluding tert-OH is 1. The topological polar surface area (TPSA) is 83.4 Å². The molecule has 0 saturated carbocycles. The van der Waals surface area contributed by atoms with Crippen molar-refractivity contribution >= 4 is 55.8 Å². The van der Waals surface area contributed by atoms with Gasteiger partial charge in [-0.25, -0.2) is 9.97 Å². The summed E-state index contributed by atoms with van der Waals surface area (Å²) in [6.07, 6.45) is 3.61. The second kappa shape index (κ2) is 8.62. The molecule has 4 aromatic rings. The molecule has 34 heavy (non-hydrogen) atoms. The van der Waals surface area contributed by atoms with Crippen LogP contribution in [-0.2, 0) is 4.79 Å². The van der Waals surface area contributed by atoms with Gasteiger partial charge in [0.15, 0.2) is 10.9 Å². The second-order valence-corrected chi connectivity index (χ2v) is 10.3.